The van der Waals surface area contributed by atoms with Crippen molar-refractivity contribution in [2.45, 2.75) is 56.4 Å². The van der Waals surface area contributed by atoms with Crippen molar-refractivity contribution in [1.82, 2.24) is 19.7 Å². The number of halogens is 5. The van der Waals surface area contributed by atoms with Gasteiger partial charge in [-0.15, -0.1) is 11.3 Å². The fraction of sp³-hybridized carbons (Fsp3) is 0.440. The number of benzene rings is 1. The number of piperidine rings is 1. The number of thiazole rings is 1. The van der Waals surface area contributed by atoms with Crippen molar-refractivity contribution >= 4 is 44.7 Å². The molecule has 4 heterocycles. The van der Waals surface area contributed by atoms with Crippen LogP contribution in [-0.4, -0.2) is 57.3 Å². The third kappa shape index (κ3) is 6.76. The van der Waals surface area contributed by atoms with Gasteiger partial charge in [-0.1, -0.05) is 28.9 Å². The number of amides is 1. The largest absolute Gasteiger partial charge is 0.748 e. The summed E-state index contributed by atoms with van der Waals surface area (Å²) in [5.74, 6) is -1.20. The van der Waals surface area contributed by atoms with Crippen molar-refractivity contribution in [3.63, 3.8) is 0 Å². The molecular weight excluding hydrogens is 626 g/mol. The van der Waals surface area contributed by atoms with E-state index in [2.05, 4.69) is 10.3 Å². The molecule has 226 valence electrons. The molecule has 2 aromatic heterocycles. The number of carbonyl (C=O) groups is 1. The molecule has 0 spiro atoms. The smallest absolute Gasteiger partial charge is 0.282 e. The van der Waals surface area contributed by atoms with Gasteiger partial charge in [-0.3, -0.25) is 9.48 Å². The minimum atomic E-state index is -4.55. The highest BCUT2D eigenvalue weighted by Crippen LogP contribution is 2.38. The standard InChI is InChI=1S/C25H24ClF4N5O5S2/c26-15-3-1-2-14(12-42(37,38)39)22(15)20-9-16(33-40-20)18-11-41-25(31-18)13-4-6-34(7-5-13)21(36)10-35-19(24(29)30)8-17(32-35)23(27)28/h1-3,8,11,13,20,23-24H,4-7,9-10,12H2,(H,37,38,39)/p-1/t20-/m1/s1. The number of alkyl halides is 4. The number of hydrogen-bond donors (Lipinski definition) is 0. The fourth-order valence-corrected chi connectivity index (χ4v) is 6.96. The zero-order chi connectivity index (χ0) is 30.2. The Morgan fingerprint density at radius 2 is 1.93 bits per heavy atom. The third-order valence-electron chi connectivity index (χ3n) is 7.04. The minimum Gasteiger partial charge on any atom is -0.748 e. The average Bonchev–Trinajstić information content (AvgIpc) is 3.68. The number of aromatic nitrogens is 3. The molecule has 10 nitrogen and oxygen atoms in total. The minimum absolute atomic E-state index is 0.0238. The second-order valence-electron chi connectivity index (χ2n) is 9.83. The molecule has 0 saturated carbocycles. The number of rotatable bonds is 9. The summed E-state index contributed by atoms with van der Waals surface area (Å²) in [6, 6.07) is 5.24. The average molecular weight is 649 g/mol. The lowest BCUT2D eigenvalue weighted by molar-refractivity contribution is -0.133. The van der Waals surface area contributed by atoms with Crippen LogP contribution in [-0.2, 0) is 32.0 Å². The van der Waals surface area contributed by atoms with Crippen molar-refractivity contribution in [1.29, 1.82) is 0 Å². The van der Waals surface area contributed by atoms with Crippen LogP contribution < -0.4 is 0 Å². The summed E-state index contributed by atoms with van der Waals surface area (Å²) in [6.45, 7) is 0.0954. The monoisotopic (exact) mass is 648 g/mol. The molecule has 1 amide bonds. The highest BCUT2D eigenvalue weighted by atomic mass is 35.5. The van der Waals surface area contributed by atoms with Crippen molar-refractivity contribution in [2.24, 2.45) is 5.16 Å². The molecule has 1 aromatic carbocycles. The lowest BCUT2D eigenvalue weighted by Gasteiger charge is -2.31. The number of likely N-dealkylation sites (tertiary alicyclic amines) is 1. The predicted octanol–water partition coefficient (Wildman–Crippen LogP) is 5.19. The SMILES string of the molecule is O=C(Cn1nc(C(F)F)cc1C(F)F)N1CCC(c2nc(C3=NO[C@@H](c4c(Cl)cccc4CS(=O)(=O)[O-])C3)cs2)CC1. The first-order valence-corrected chi connectivity index (χ1v) is 15.5. The normalized spacial score (nSPS) is 18.1. The van der Waals surface area contributed by atoms with Crippen LogP contribution in [0, 0.1) is 0 Å². The van der Waals surface area contributed by atoms with Crippen LogP contribution in [0.15, 0.2) is 34.8 Å². The number of oxime groups is 1. The molecule has 1 atom stereocenters. The summed E-state index contributed by atoms with van der Waals surface area (Å²) in [4.78, 5) is 24.5. The first kappa shape index (κ1) is 30.4. The maximum atomic E-state index is 13.3. The van der Waals surface area contributed by atoms with Gasteiger partial charge in [0, 0.05) is 41.4 Å². The second-order valence-corrected chi connectivity index (χ2v) is 12.5. The lowest BCUT2D eigenvalue weighted by atomic mass is 9.97. The van der Waals surface area contributed by atoms with Gasteiger partial charge in [-0.2, -0.15) is 5.10 Å². The predicted molar refractivity (Wildman–Crippen MR) is 143 cm³/mol. The summed E-state index contributed by atoms with van der Waals surface area (Å²) < 4.78 is 87.1. The maximum absolute atomic E-state index is 13.3. The van der Waals surface area contributed by atoms with E-state index in [0.29, 0.717) is 53.6 Å². The quantitative estimate of drug-likeness (QED) is 0.231. The van der Waals surface area contributed by atoms with Gasteiger partial charge in [0.05, 0.1) is 26.6 Å². The van der Waals surface area contributed by atoms with Crippen LogP contribution in [0.1, 0.15) is 77.4 Å². The summed E-state index contributed by atoms with van der Waals surface area (Å²) in [7, 11) is -4.55. The van der Waals surface area contributed by atoms with Gasteiger partial charge < -0.3 is 14.3 Å². The number of hydrogen-bond acceptors (Lipinski definition) is 9. The van der Waals surface area contributed by atoms with Crippen LogP contribution in [0.5, 0.6) is 0 Å². The van der Waals surface area contributed by atoms with E-state index in [-0.39, 0.29) is 22.9 Å². The van der Waals surface area contributed by atoms with Crippen LogP contribution in [0.3, 0.4) is 0 Å². The van der Waals surface area contributed by atoms with Gasteiger partial charge in [-0.05, 0) is 30.5 Å². The highest BCUT2D eigenvalue weighted by Gasteiger charge is 2.32. The van der Waals surface area contributed by atoms with Crippen molar-refractivity contribution in [3.8, 4) is 0 Å². The Bertz CT molecular complexity index is 1610. The Morgan fingerprint density at radius 1 is 1.19 bits per heavy atom. The van der Waals surface area contributed by atoms with Crippen LogP contribution >= 0.6 is 22.9 Å². The second kappa shape index (κ2) is 12.3. The Labute approximate surface area is 246 Å². The highest BCUT2D eigenvalue weighted by molar-refractivity contribution is 7.84. The molecule has 42 heavy (non-hydrogen) atoms. The molecule has 0 aliphatic carbocycles. The van der Waals surface area contributed by atoms with E-state index in [9.17, 15) is 35.3 Å². The third-order valence-corrected chi connectivity index (χ3v) is 9.04. The Balaban J connectivity index is 1.19. The Morgan fingerprint density at radius 3 is 2.60 bits per heavy atom. The first-order chi connectivity index (χ1) is 19.9. The molecule has 5 rings (SSSR count). The van der Waals surface area contributed by atoms with Gasteiger partial charge in [0.2, 0.25) is 5.91 Å². The maximum Gasteiger partial charge on any atom is 0.282 e. The van der Waals surface area contributed by atoms with Crippen molar-refractivity contribution in [2.75, 3.05) is 13.1 Å². The van der Waals surface area contributed by atoms with Crippen LogP contribution in [0.4, 0.5) is 17.6 Å². The molecule has 0 radical (unpaired) electrons. The summed E-state index contributed by atoms with van der Waals surface area (Å²) in [5, 5.41) is 10.5. The molecule has 2 aliphatic heterocycles. The van der Waals surface area contributed by atoms with Crippen molar-refractivity contribution < 1.29 is 40.2 Å². The molecule has 0 unspecified atom stereocenters. The molecule has 3 aromatic rings. The van der Waals surface area contributed by atoms with E-state index >= 15 is 0 Å². The number of carbonyl (C=O) groups excluding carboxylic acids is 1. The van der Waals surface area contributed by atoms with Gasteiger partial charge in [0.25, 0.3) is 12.9 Å². The van der Waals surface area contributed by atoms with Gasteiger partial charge in [-0.25, -0.2) is 31.0 Å². The zero-order valence-electron chi connectivity index (χ0n) is 21.6. The Kier molecular flexibility index (Phi) is 8.87. The van der Waals surface area contributed by atoms with E-state index in [1.807, 2.05) is 5.38 Å². The first-order valence-electron chi connectivity index (χ1n) is 12.7. The van der Waals surface area contributed by atoms with E-state index in [1.165, 1.54) is 22.3 Å². The van der Waals surface area contributed by atoms with Gasteiger partial charge >= 0.3 is 0 Å². The summed E-state index contributed by atoms with van der Waals surface area (Å²) in [6.07, 6.45) is -5.40. The van der Waals surface area contributed by atoms with E-state index < -0.39 is 58.7 Å². The van der Waals surface area contributed by atoms with Crippen LogP contribution in [0.25, 0.3) is 0 Å². The van der Waals surface area contributed by atoms with E-state index in [4.69, 9.17) is 21.4 Å². The zero-order valence-corrected chi connectivity index (χ0v) is 24.0. The van der Waals surface area contributed by atoms with E-state index in [0.717, 1.165) is 5.01 Å². The van der Waals surface area contributed by atoms with Crippen LogP contribution in [0.2, 0.25) is 5.02 Å². The molecular formula is C25H23ClF4N5O5S2-. The fourth-order valence-electron chi connectivity index (χ4n) is 5.01. The molecule has 0 bridgehead atoms. The van der Waals surface area contributed by atoms with Crippen molar-refractivity contribution in [3.05, 3.63) is 67.9 Å². The molecule has 1 fully saturated rings. The van der Waals surface area contributed by atoms with Gasteiger partial charge in [0.1, 0.15) is 23.6 Å². The molecule has 1 saturated heterocycles. The number of nitrogens with zero attached hydrogens (tertiary/aromatic N) is 5. The Hall–Kier alpha value is -3.08. The van der Waals surface area contributed by atoms with E-state index in [1.54, 1.807) is 12.1 Å². The molecule has 0 N–H and O–H groups in total. The lowest BCUT2D eigenvalue weighted by Crippen LogP contribution is -2.40. The van der Waals surface area contributed by atoms with Gasteiger partial charge in [0.15, 0.2) is 6.10 Å². The molecule has 17 heteroatoms. The summed E-state index contributed by atoms with van der Waals surface area (Å²) in [5.41, 5.74) is 0.198. The summed E-state index contributed by atoms with van der Waals surface area (Å²) >= 11 is 7.73. The molecule has 2 aliphatic rings. The topological polar surface area (TPSA) is 130 Å².